The number of hydrogen-bond donors (Lipinski definition) is 9. The average Bonchev–Trinajstić information content (AvgIpc) is 0.935. The summed E-state index contributed by atoms with van der Waals surface area (Å²) in [6, 6.07) is 0. The van der Waals surface area contributed by atoms with Crippen LogP contribution in [0.15, 0.2) is 0 Å². The van der Waals surface area contributed by atoms with Crippen molar-refractivity contribution in [2.75, 3.05) is 32.2 Å². The summed E-state index contributed by atoms with van der Waals surface area (Å²) >= 11 is 36.8. The Bertz CT molecular complexity index is 1780. The van der Waals surface area contributed by atoms with E-state index in [4.69, 9.17) is 102 Å². The van der Waals surface area contributed by atoms with E-state index in [1.807, 2.05) is 0 Å². The Labute approximate surface area is 672 Å². The van der Waals surface area contributed by atoms with E-state index < -0.39 is 74.7 Å². The number of aliphatic carboxylic acids is 4. The number of thioether (sulfide) groups is 5. The molecule has 12 nitrogen and oxygen atoms in total. The predicted octanol–water partition coefficient (Wildman–Crippen LogP) is 25.6. The van der Waals surface area contributed by atoms with Gasteiger partial charge in [0.15, 0.2) is 0 Å². The molecule has 23 heteroatoms. The molecule has 0 saturated heterocycles. The van der Waals surface area contributed by atoms with E-state index in [9.17, 15) is 19.2 Å². The number of aliphatic hydroxyl groups excluding tert-OH is 4. The second kappa shape index (κ2) is 77.0. The molecule has 0 aliphatic rings. The standard InChI is InChI=1S/4C17H32O2S2.C5H12O4.C5H10S3/c4*1-4-5-6-7-8-9-10-11-12-13-14-15(20)21-17(2,3)16(18)19;6-1-5(2-7,3-8)4-9;1-2-3-4-8-5(6)7/h4*4-14H2,1-3H3,(H,18,19);6-9H,1-4H2;2-4H2,1H3,(H,6,7). The number of unbranched alkanes of at least 4 members (excludes halogenated alkanes) is 37. The maximum Gasteiger partial charge on any atom is 0.319 e. The summed E-state index contributed by atoms with van der Waals surface area (Å²) in [6.45, 7) is 23.3. The Balaban J connectivity index is -0.000000276. The van der Waals surface area contributed by atoms with Gasteiger partial charge in [-0.05, 0) is 119 Å². The molecule has 0 radical (unpaired) electrons. The first-order valence-corrected chi connectivity index (χ1v) is 45.4. The van der Waals surface area contributed by atoms with E-state index in [1.165, 1.54) is 291 Å². The molecule has 0 saturated carbocycles. The third kappa shape index (κ3) is 81.1. The Morgan fingerprint density at radius 2 is 0.426 bits per heavy atom. The number of thiol groups is 1. The van der Waals surface area contributed by atoms with E-state index in [2.05, 4.69) is 47.2 Å². The first-order chi connectivity index (χ1) is 47.6. The second-order valence-electron chi connectivity index (χ2n) is 28.5. The molecule has 600 valence electrons. The Morgan fingerprint density at radius 3 is 0.545 bits per heavy atom. The number of carboxylic acid groups (broad SMARTS) is 4. The third-order valence-corrected chi connectivity index (χ3v) is 24.3. The van der Waals surface area contributed by atoms with Crippen LogP contribution in [0.1, 0.15) is 385 Å². The van der Waals surface area contributed by atoms with Crippen LogP contribution in [-0.2, 0) is 19.2 Å². The smallest absolute Gasteiger partial charge is 0.319 e. The van der Waals surface area contributed by atoms with E-state index in [0.717, 1.165) is 77.4 Å². The van der Waals surface area contributed by atoms with Crippen LogP contribution in [-0.4, -0.2) is 136 Å². The van der Waals surface area contributed by atoms with Gasteiger partial charge in [-0.1, -0.05) is 333 Å². The molecule has 0 atom stereocenters. The van der Waals surface area contributed by atoms with Crippen molar-refractivity contribution in [1.29, 1.82) is 0 Å². The van der Waals surface area contributed by atoms with Crippen LogP contribution >= 0.6 is 133 Å². The molecule has 0 unspecified atom stereocenters. The topological polar surface area (TPSA) is 230 Å². The first-order valence-electron chi connectivity index (χ1n) is 38.7. The summed E-state index contributed by atoms with van der Waals surface area (Å²) in [6.07, 6.45) is 58.4. The molecule has 0 bridgehead atoms. The SMILES string of the molecule is CCCCCCCCCCCCC(=S)SC(C)(C)C(=O)O.CCCCCCCCCCCCC(=S)SC(C)(C)C(=O)O.CCCCCCCCCCCCC(=S)SC(C)(C)C(=O)O.CCCCCCCCCCCCC(=S)SC(C)(C)C(=O)O.CCCCSC(=S)S.OCC(CO)(CO)CO. The highest BCUT2D eigenvalue weighted by atomic mass is 32.2. The van der Waals surface area contributed by atoms with Gasteiger partial charge in [-0.3, -0.25) is 19.2 Å². The zero-order valence-electron chi connectivity index (χ0n) is 65.8. The summed E-state index contributed by atoms with van der Waals surface area (Å²) in [5, 5.41) is 70.2. The van der Waals surface area contributed by atoms with Crippen molar-refractivity contribution in [2.45, 2.75) is 404 Å². The fourth-order valence-corrected chi connectivity index (χ4v) is 17.0. The molecule has 0 rings (SSSR count). The quantitative estimate of drug-likeness (QED) is 0.0157. The second-order valence-corrected chi connectivity index (χ2v) is 41.2. The number of carbonyl (C=O) groups is 4. The minimum absolute atomic E-state index is 0.406. The summed E-state index contributed by atoms with van der Waals surface area (Å²) in [4.78, 5) is 44.1. The van der Waals surface area contributed by atoms with Crippen LogP contribution in [0.25, 0.3) is 0 Å². The molecule has 0 aromatic heterocycles. The average molecular weight is 1630 g/mol. The lowest BCUT2D eigenvalue weighted by Gasteiger charge is -2.23. The van der Waals surface area contributed by atoms with Crippen molar-refractivity contribution >= 4 is 177 Å². The predicted molar refractivity (Wildman–Crippen MR) is 473 cm³/mol. The van der Waals surface area contributed by atoms with Gasteiger partial charge in [-0.2, -0.15) is 0 Å². The molecule has 0 aromatic carbocycles. The van der Waals surface area contributed by atoms with E-state index in [1.54, 1.807) is 67.2 Å². The van der Waals surface area contributed by atoms with Crippen LogP contribution in [0.5, 0.6) is 0 Å². The molecule has 0 aromatic rings. The zero-order chi connectivity index (χ0) is 78.3. The zero-order valence-corrected chi connectivity index (χ0v) is 74.9. The first kappa shape index (κ1) is 112. The third-order valence-electron chi connectivity index (χ3n) is 16.5. The van der Waals surface area contributed by atoms with E-state index in [0.29, 0.717) is 0 Å². The molecule has 0 spiro atoms. The molecule has 0 aliphatic heterocycles. The van der Waals surface area contributed by atoms with Crippen molar-refractivity contribution in [3.8, 4) is 0 Å². The van der Waals surface area contributed by atoms with Crippen LogP contribution < -0.4 is 0 Å². The molecule has 0 fully saturated rings. The van der Waals surface area contributed by atoms with Gasteiger partial charge < -0.3 is 40.9 Å². The van der Waals surface area contributed by atoms with Gasteiger partial charge in [-0.15, -0.1) is 71.4 Å². The van der Waals surface area contributed by atoms with Crippen molar-refractivity contribution < 1.29 is 60.0 Å². The molecule has 101 heavy (non-hydrogen) atoms. The molecular formula is C78H150O12S11. The highest BCUT2D eigenvalue weighted by Crippen LogP contribution is 2.32. The van der Waals surface area contributed by atoms with Gasteiger partial charge in [0, 0.05) is 16.8 Å². The minimum Gasteiger partial charge on any atom is -0.480 e. The van der Waals surface area contributed by atoms with Crippen molar-refractivity contribution in [3.05, 3.63) is 0 Å². The minimum atomic E-state index is -1.11. The summed E-state index contributed by atoms with van der Waals surface area (Å²) in [5.74, 6) is -2.05. The Kier molecular flexibility index (Phi) is 85.5. The van der Waals surface area contributed by atoms with Crippen molar-refractivity contribution in [2.24, 2.45) is 5.41 Å². The monoisotopic (exact) mass is 1630 g/mol. The van der Waals surface area contributed by atoms with Gasteiger partial charge in [0.05, 0.1) is 31.8 Å². The summed E-state index contributed by atoms with van der Waals surface area (Å²) in [7, 11) is 0. The van der Waals surface area contributed by atoms with Crippen LogP contribution in [0.3, 0.4) is 0 Å². The molecule has 0 amide bonds. The normalized spacial score (nSPS) is 11.4. The van der Waals surface area contributed by atoms with Gasteiger partial charge >= 0.3 is 23.9 Å². The van der Waals surface area contributed by atoms with Gasteiger partial charge in [0.25, 0.3) is 0 Å². The molecular weight excluding hydrogens is 1480 g/mol. The number of carboxylic acids is 4. The number of thiocarbonyl (C=S) groups is 5. The lowest BCUT2D eigenvalue weighted by Crippen LogP contribution is -2.37. The highest BCUT2D eigenvalue weighted by molar-refractivity contribution is 8.41. The number of rotatable bonds is 59. The van der Waals surface area contributed by atoms with E-state index in [-0.39, 0.29) is 0 Å². The summed E-state index contributed by atoms with van der Waals surface area (Å²) in [5.41, 5.74) is -1.11. The van der Waals surface area contributed by atoms with Gasteiger partial charge in [-0.25, -0.2) is 0 Å². The van der Waals surface area contributed by atoms with Crippen molar-refractivity contribution in [1.82, 2.24) is 0 Å². The lowest BCUT2D eigenvalue weighted by molar-refractivity contribution is -0.139. The lowest BCUT2D eigenvalue weighted by atomic mass is 9.93. The molecule has 8 N–H and O–H groups in total. The molecule has 0 heterocycles. The number of aliphatic hydroxyl groups is 4. The van der Waals surface area contributed by atoms with Crippen molar-refractivity contribution in [3.63, 3.8) is 0 Å². The van der Waals surface area contributed by atoms with Gasteiger partial charge in [0.1, 0.15) is 22.5 Å². The van der Waals surface area contributed by atoms with Crippen LogP contribution in [0.4, 0.5) is 0 Å². The fraction of sp³-hybridized carbons (Fsp3) is 0.885. The fourth-order valence-electron chi connectivity index (χ4n) is 9.15. The Morgan fingerprint density at radius 1 is 0.277 bits per heavy atom. The Hall–Kier alpha value is 0.270. The van der Waals surface area contributed by atoms with Crippen LogP contribution in [0.2, 0.25) is 0 Å². The van der Waals surface area contributed by atoms with Gasteiger partial charge in [0.2, 0.25) is 0 Å². The maximum absolute atomic E-state index is 11.0. The maximum atomic E-state index is 11.0. The highest BCUT2D eigenvalue weighted by Gasteiger charge is 2.32. The number of hydrogen-bond acceptors (Lipinski definition) is 18. The molecule has 0 aliphatic carbocycles. The largest absolute Gasteiger partial charge is 0.480 e. The van der Waals surface area contributed by atoms with E-state index >= 15 is 0 Å². The summed E-state index contributed by atoms with van der Waals surface area (Å²) < 4.78 is 0.919. The van der Waals surface area contributed by atoms with Crippen LogP contribution in [0, 0.1) is 5.41 Å².